The summed E-state index contributed by atoms with van der Waals surface area (Å²) < 4.78 is 12.6. The highest BCUT2D eigenvalue weighted by atomic mass is 79.9. The molecule has 1 saturated carbocycles. The fourth-order valence-electron chi connectivity index (χ4n) is 8.82. The van der Waals surface area contributed by atoms with Crippen LogP contribution in [0.4, 0.5) is 5.82 Å². The Morgan fingerprint density at radius 1 is 1.04 bits per heavy atom. The van der Waals surface area contributed by atoms with Gasteiger partial charge in [0.2, 0.25) is 11.8 Å². The van der Waals surface area contributed by atoms with Crippen LogP contribution in [-0.2, 0) is 23.2 Å². The fraction of sp³-hybridized carbons (Fsp3) is 0.256. The lowest BCUT2D eigenvalue weighted by Crippen LogP contribution is -2.49. The van der Waals surface area contributed by atoms with Crippen LogP contribution in [-0.4, -0.2) is 47.7 Å². The molecule has 1 N–H and O–H groups in total. The molecule has 2 amide bonds. The van der Waals surface area contributed by atoms with Crippen LogP contribution < -0.4 is 21.0 Å². The molecule has 54 heavy (non-hydrogen) atoms. The molecule has 1 saturated heterocycles. The minimum Gasteiger partial charge on any atom is -0.504 e. The number of halogens is 2. The normalized spacial score (nSPS) is 22.0. The first kappa shape index (κ1) is 34.6. The van der Waals surface area contributed by atoms with Crippen molar-refractivity contribution in [2.45, 2.75) is 38.8 Å². The van der Waals surface area contributed by atoms with E-state index in [4.69, 9.17) is 21.4 Å². The van der Waals surface area contributed by atoms with Gasteiger partial charge in [-0.15, -0.1) is 11.3 Å². The number of allylic oxidation sites excluding steroid dienone is 2. The molecule has 5 heterocycles. The molecule has 274 valence electrons. The van der Waals surface area contributed by atoms with Gasteiger partial charge in [0.25, 0.3) is 0 Å². The summed E-state index contributed by atoms with van der Waals surface area (Å²) in [6.45, 7) is 3.79. The highest BCUT2D eigenvalue weighted by Gasteiger charge is 2.66. The van der Waals surface area contributed by atoms with Gasteiger partial charge in [-0.05, 0) is 79.3 Å². The third-order valence-corrected chi connectivity index (χ3v) is 13.4. The van der Waals surface area contributed by atoms with E-state index in [0.717, 1.165) is 25.1 Å². The average Bonchev–Trinajstić information content (AvgIpc) is 3.83. The van der Waals surface area contributed by atoms with Crippen LogP contribution in [0.15, 0.2) is 92.4 Å². The van der Waals surface area contributed by atoms with Gasteiger partial charge in [-0.2, -0.15) is 5.10 Å². The number of para-hydroxylation sites is 1. The van der Waals surface area contributed by atoms with Gasteiger partial charge in [-0.3, -0.25) is 14.3 Å². The van der Waals surface area contributed by atoms with Gasteiger partial charge in [0.05, 0.1) is 41.6 Å². The number of hydrogen-bond donors (Lipinski definition) is 1. The smallest absolute Gasteiger partial charge is 0.352 e. The number of fused-ring (bicyclic) bond motifs is 5. The number of aromatic hydroxyl groups is 1. The lowest BCUT2D eigenvalue weighted by molar-refractivity contribution is -0.129. The number of carbonyl (C=O) groups is 2. The van der Waals surface area contributed by atoms with Crippen molar-refractivity contribution in [2.75, 3.05) is 12.0 Å². The number of rotatable bonds is 5. The topological polar surface area (TPSA) is 134 Å². The predicted molar refractivity (Wildman–Crippen MR) is 209 cm³/mol. The quantitative estimate of drug-likeness (QED) is 0.151. The molecule has 4 unspecified atom stereocenters. The number of methoxy groups -OCH3 is 1. The van der Waals surface area contributed by atoms with Crippen LogP contribution in [0.5, 0.6) is 11.5 Å². The monoisotopic (exact) mass is 826 g/mol. The molecule has 0 spiro atoms. The minimum absolute atomic E-state index is 0.0412. The summed E-state index contributed by atoms with van der Waals surface area (Å²) in [6.07, 6.45) is 1.91. The number of anilines is 1. The summed E-state index contributed by atoms with van der Waals surface area (Å²) in [4.78, 5) is 60.2. The summed E-state index contributed by atoms with van der Waals surface area (Å²) in [7, 11) is 3.13. The van der Waals surface area contributed by atoms with Crippen molar-refractivity contribution in [3.05, 3.63) is 120 Å². The van der Waals surface area contributed by atoms with Crippen LogP contribution in [0.2, 0.25) is 5.02 Å². The van der Waals surface area contributed by atoms with Gasteiger partial charge in [0.1, 0.15) is 11.5 Å². The Bertz CT molecular complexity index is 2760. The maximum absolute atomic E-state index is 15.2. The van der Waals surface area contributed by atoms with E-state index in [1.165, 1.54) is 26.1 Å². The summed E-state index contributed by atoms with van der Waals surface area (Å²) in [5.74, 6) is -2.50. The van der Waals surface area contributed by atoms with E-state index < -0.39 is 46.5 Å². The van der Waals surface area contributed by atoms with Gasteiger partial charge < -0.3 is 9.84 Å². The van der Waals surface area contributed by atoms with Crippen molar-refractivity contribution in [1.29, 1.82) is 0 Å². The number of carbonyl (C=O) groups excluding carboxylic acids is 2. The molecule has 4 atom stereocenters. The highest BCUT2D eigenvalue weighted by molar-refractivity contribution is 9.10. The van der Waals surface area contributed by atoms with Crippen LogP contribution in [0.3, 0.4) is 0 Å². The Morgan fingerprint density at radius 3 is 2.54 bits per heavy atom. The molecule has 0 bridgehead atoms. The SMILES string of the molecule is COc1cc(Br)cc(C2C3=CCn4c(=O)n(-c5ccccc5)c(=O)n4C3CC3C(=O)N(c4cc(-c5sc6ccc(Cl)cc6c5C)nn4C)C(=O)C32C)c1O. The minimum atomic E-state index is -1.43. The molecule has 12 nitrogen and oxygen atoms in total. The lowest BCUT2D eigenvalue weighted by Gasteiger charge is -2.47. The molecule has 3 aromatic carbocycles. The summed E-state index contributed by atoms with van der Waals surface area (Å²) in [6, 6.07) is 18.7. The van der Waals surface area contributed by atoms with E-state index in [0.29, 0.717) is 37.8 Å². The van der Waals surface area contributed by atoms with Crippen molar-refractivity contribution < 1.29 is 19.4 Å². The van der Waals surface area contributed by atoms with E-state index in [9.17, 15) is 19.5 Å². The molecule has 0 radical (unpaired) electrons. The molecular formula is C39H32BrClN6O6S. The lowest BCUT2D eigenvalue weighted by atomic mass is 9.56. The summed E-state index contributed by atoms with van der Waals surface area (Å²) in [5.41, 5.74) is 0.483. The number of phenolic OH excluding ortho intramolecular Hbond substituents is 1. The third kappa shape index (κ3) is 4.69. The Kier molecular flexibility index (Phi) is 7.79. The average molecular weight is 828 g/mol. The molecule has 3 aliphatic rings. The van der Waals surface area contributed by atoms with Gasteiger partial charge >= 0.3 is 11.4 Å². The molecule has 2 fully saturated rings. The third-order valence-electron chi connectivity index (χ3n) is 11.4. The molecular weight excluding hydrogens is 796 g/mol. The largest absolute Gasteiger partial charge is 0.504 e. The Morgan fingerprint density at radius 2 is 1.80 bits per heavy atom. The number of ether oxygens (including phenoxy) is 1. The van der Waals surface area contributed by atoms with E-state index in [1.54, 1.807) is 73.8 Å². The van der Waals surface area contributed by atoms with Crippen molar-refractivity contribution in [3.8, 4) is 27.8 Å². The zero-order valence-corrected chi connectivity index (χ0v) is 32.6. The molecule has 6 aromatic rings. The van der Waals surface area contributed by atoms with Crippen molar-refractivity contribution in [3.63, 3.8) is 0 Å². The first-order valence-corrected chi connectivity index (χ1v) is 19.2. The number of benzene rings is 3. The number of aromatic nitrogens is 5. The highest BCUT2D eigenvalue weighted by Crippen LogP contribution is 2.63. The van der Waals surface area contributed by atoms with Crippen LogP contribution in [0.1, 0.15) is 36.4 Å². The molecule has 9 rings (SSSR count). The first-order chi connectivity index (χ1) is 25.8. The molecule has 15 heteroatoms. The number of thiophene rings is 1. The molecule has 2 aliphatic heterocycles. The van der Waals surface area contributed by atoms with E-state index in [2.05, 4.69) is 15.9 Å². The van der Waals surface area contributed by atoms with Crippen molar-refractivity contribution >= 4 is 66.6 Å². The second-order valence-corrected chi connectivity index (χ2v) is 16.5. The van der Waals surface area contributed by atoms with Crippen molar-refractivity contribution in [1.82, 2.24) is 23.7 Å². The second kappa shape index (κ2) is 12.2. The zero-order chi connectivity index (χ0) is 38.0. The Labute approximate surface area is 325 Å². The number of aryl methyl sites for hydroxylation is 2. The van der Waals surface area contributed by atoms with E-state index in [1.807, 2.05) is 31.2 Å². The Hall–Kier alpha value is -5.18. The fourth-order valence-corrected chi connectivity index (χ4v) is 10.6. The van der Waals surface area contributed by atoms with Crippen LogP contribution in [0, 0.1) is 18.3 Å². The number of hydrogen-bond acceptors (Lipinski definition) is 8. The number of imide groups is 1. The maximum atomic E-state index is 15.2. The first-order valence-electron chi connectivity index (χ1n) is 17.2. The van der Waals surface area contributed by atoms with Gasteiger partial charge in [-0.25, -0.2) is 28.4 Å². The van der Waals surface area contributed by atoms with Crippen LogP contribution in [0.25, 0.3) is 26.3 Å². The summed E-state index contributed by atoms with van der Waals surface area (Å²) >= 11 is 11.4. The second-order valence-electron chi connectivity index (χ2n) is 14.1. The van der Waals surface area contributed by atoms with Gasteiger partial charge in [-0.1, -0.05) is 51.8 Å². The number of amides is 2. The van der Waals surface area contributed by atoms with Crippen LogP contribution >= 0.6 is 38.9 Å². The number of phenols is 1. The molecule has 1 aliphatic carbocycles. The molecule has 3 aromatic heterocycles. The standard InChI is InChI=1S/C39H32BrClN6O6S/c1-19-24-16-21(41)10-11-30(24)54-34(19)27-18-31(43(3)42-27)46-35(49)26-17-28-23(12-13-44-37(51)45(38(52)47(28)44)22-8-6-5-7-9-22)32(39(26,2)36(46)50)25-14-20(40)15-29(53-4)33(25)48/h5-12,14-16,18,26,28,32,48H,13,17H2,1-4H3. The van der Waals surface area contributed by atoms with Gasteiger partial charge in [0, 0.05) is 38.8 Å². The maximum Gasteiger partial charge on any atom is 0.352 e. The summed E-state index contributed by atoms with van der Waals surface area (Å²) in [5, 5.41) is 18.1. The van der Waals surface area contributed by atoms with Crippen molar-refractivity contribution in [2.24, 2.45) is 18.4 Å². The van der Waals surface area contributed by atoms with Gasteiger partial charge in [0.15, 0.2) is 11.5 Å². The van der Waals surface area contributed by atoms with E-state index >= 15 is 4.79 Å². The Balaban J connectivity index is 1.22. The predicted octanol–water partition coefficient (Wildman–Crippen LogP) is 6.72. The van der Waals surface area contributed by atoms with E-state index in [-0.39, 0.29) is 24.5 Å². The number of nitrogens with zero attached hydrogens (tertiary/aromatic N) is 6. The zero-order valence-electron chi connectivity index (χ0n) is 29.4.